The van der Waals surface area contributed by atoms with E-state index in [2.05, 4.69) is 53.1 Å². The van der Waals surface area contributed by atoms with E-state index in [1.807, 2.05) is 18.2 Å². The smallest absolute Gasteiger partial charge is 0.143 e. The van der Waals surface area contributed by atoms with Crippen LogP contribution in [-0.4, -0.2) is 7.05 Å². The van der Waals surface area contributed by atoms with Gasteiger partial charge in [0.15, 0.2) is 0 Å². The van der Waals surface area contributed by atoms with Gasteiger partial charge in [0.1, 0.15) is 11.6 Å². The molecule has 0 heterocycles. The highest BCUT2D eigenvalue weighted by Gasteiger charge is 2.20. The molecule has 112 valence electrons. The normalized spacial score (nSPS) is 12.5. The SMILES string of the molecule is CNC(Cc1c(F)ccc(Br)c1F)c1cc(Br)ccc1Br. The van der Waals surface area contributed by atoms with E-state index in [1.165, 1.54) is 12.1 Å². The quantitative estimate of drug-likeness (QED) is 0.545. The van der Waals surface area contributed by atoms with Gasteiger partial charge in [-0.1, -0.05) is 31.9 Å². The summed E-state index contributed by atoms with van der Waals surface area (Å²) in [6.07, 6.45) is 0.211. The predicted octanol–water partition coefficient (Wildman–Crippen LogP) is 5.76. The summed E-state index contributed by atoms with van der Waals surface area (Å²) in [6, 6.07) is 8.16. The van der Waals surface area contributed by atoms with E-state index in [0.29, 0.717) is 0 Å². The van der Waals surface area contributed by atoms with Gasteiger partial charge >= 0.3 is 0 Å². The molecule has 1 N–H and O–H groups in total. The van der Waals surface area contributed by atoms with Crippen molar-refractivity contribution in [2.45, 2.75) is 12.5 Å². The molecule has 0 fully saturated rings. The standard InChI is InChI=1S/C15H12Br3F2N/c1-21-14(9-6-8(16)2-3-11(9)17)7-10-13(19)5-4-12(18)15(10)20/h2-6,14,21H,7H2,1H3. The summed E-state index contributed by atoms with van der Waals surface area (Å²) >= 11 is 9.99. The van der Waals surface area contributed by atoms with Gasteiger partial charge in [-0.25, -0.2) is 8.78 Å². The first-order valence-electron chi connectivity index (χ1n) is 6.18. The second-order valence-electron chi connectivity index (χ2n) is 4.53. The molecule has 0 spiro atoms. The fourth-order valence-electron chi connectivity index (χ4n) is 2.11. The molecule has 1 unspecified atom stereocenters. The van der Waals surface area contributed by atoms with E-state index < -0.39 is 11.6 Å². The molecule has 1 nitrogen and oxygen atoms in total. The Morgan fingerprint density at radius 1 is 1.05 bits per heavy atom. The van der Waals surface area contributed by atoms with Gasteiger partial charge in [0, 0.05) is 20.6 Å². The van der Waals surface area contributed by atoms with E-state index in [4.69, 9.17) is 0 Å². The van der Waals surface area contributed by atoms with Crippen LogP contribution in [-0.2, 0) is 6.42 Å². The van der Waals surface area contributed by atoms with Gasteiger partial charge in [0.2, 0.25) is 0 Å². The lowest BCUT2D eigenvalue weighted by Gasteiger charge is -2.19. The van der Waals surface area contributed by atoms with E-state index in [1.54, 1.807) is 7.05 Å². The van der Waals surface area contributed by atoms with Crippen molar-refractivity contribution in [2.75, 3.05) is 7.05 Å². The lowest BCUT2D eigenvalue weighted by atomic mass is 9.98. The summed E-state index contributed by atoms with van der Waals surface area (Å²) in [5.74, 6) is -1.09. The first kappa shape index (κ1) is 17.1. The fraction of sp³-hybridized carbons (Fsp3) is 0.200. The van der Waals surface area contributed by atoms with Crippen molar-refractivity contribution >= 4 is 47.8 Å². The van der Waals surface area contributed by atoms with Crippen LogP contribution >= 0.6 is 47.8 Å². The molecular formula is C15H12Br3F2N. The first-order valence-corrected chi connectivity index (χ1v) is 8.56. The molecule has 0 saturated heterocycles. The van der Waals surface area contributed by atoms with Crippen molar-refractivity contribution in [1.82, 2.24) is 5.32 Å². The molecular weight excluding hydrogens is 472 g/mol. The Balaban J connectivity index is 2.40. The lowest BCUT2D eigenvalue weighted by Crippen LogP contribution is -2.20. The largest absolute Gasteiger partial charge is 0.313 e. The molecule has 2 aromatic rings. The summed E-state index contributed by atoms with van der Waals surface area (Å²) in [5, 5.41) is 3.11. The molecule has 1 atom stereocenters. The maximum Gasteiger partial charge on any atom is 0.143 e. The average Bonchev–Trinajstić information content (AvgIpc) is 2.46. The number of hydrogen-bond acceptors (Lipinski definition) is 1. The summed E-state index contributed by atoms with van der Waals surface area (Å²) < 4.78 is 30.1. The van der Waals surface area contributed by atoms with Gasteiger partial charge in [-0.15, -0.1) is 0 Å². The van der Waals surface area contributed by atoms with Crippen molar-refractivity contribution in [3.05, 3.63) is 66.5 Å². The molecule has 6 heteroatoms. The van der Waals surface area contributed by atoms with Gasteiger partial charge in [-0.05, 0) is 65.3 Å². The van der Waals surface area contributed by atoms with E-state index in [-0.39, 0.29) is 22.5 Å². The van der Waals surface area contributed by atoms with Crippen molar-refractivity contribution in [1.29, 1.82) is 0 Å². The van der Waals surface area contributed by atoms with Gasteiger partial charge in [-0.2, -0.15) is 0 Å². The number of rotatable bonds is 4. The summed E-state index contributed by atoms with van der Waals surface area (Å²) in [5.41, 5.74) is 1.00. The Bertz CT molecular complexity index is 662. The highest BCUT2D eigenvalue weighted by atomic mass is 79.9. The van der Waals surface area contributed by atoms with Crippen LogP contribution in [0.4, 0.5) is 8.78 Å². The van der Waals surface area contributed by atoms with Crippen LogP contribution in [0.3, 0.4) is 0 Å². The highest BCUT2D eigenvalue weighted by Crippen LogP contribution is 2.31. The van der Waals surface area contributed by atoms with E-state index in [0.717, 1.165) is 14.5 Å². The van der Waals surface area contributed by atoms with Crippen LogP contribution in [0.5, 0.6) is 0 Å². The van der Waals surface area contributed by atoms with Crippen molar-refractivity contribution in [3.8, 4) is 0 Å². The third-order valence-corrected chi connectivity index (χ3v) is 5.06. The second kappa shape index (κ2) is 7.31. The Hall–Kier alpha value is -0.300. The maximum absolute atomic E-state index is 14.1. The van der Waals surface area contributed by atoms with Gasteiger partial charge in [0.25, 0.3) is 0 Å². The minimum Gasteiger partial charge on any atom is -0.313 e. The third-order valence-electron chi connectivity index (χ3n) is 3.23. The zero-order valence-corrected chi connectivity index (χ0v) is 15.8. The minimum absolute atomic E-state index is 0.0654. The molecule has 0 aromatic heterocycles. The van der Waals surface area contributed by atoms with Crippen LogP contribution in [0.1, 0.15) is 17.2 Å². The predicted molar refractivity (Wildman–Crippen MR) is 91.4 cm³/mol. The zero-order chi connectivity index (χ0) is 15.6. The van der Waals surface area contributed by atoms with Crippen LogP contribution in [0.15, 0.2) is 43.7 Å². The number of hydrogen-bond donors (Lipinski definition) is 1. The molecule has 0 aliphatic rings. The molecule has 0 bridgehead atoms. The molecule has 2 rings (SSSR count). The Labute approximate surface area is 147 Å². The Morgan fingerprint density at radius 2 is 1.71 bits per heavy atom. The van der Waals surface area contributed by atoms with Gasteiger partial charge in [0.05, 0.1) is 4.47 Å². The van der Waals surface area contributed by atoms with Crippen molar-refractivity contribution in [2.24, 2.45) is 0 Å². The third kappa shape index (κ3) is 3.92. The number of nitrogens with one attached hydrogen (secondary N) is 1. The first-order chi connectivity index (χ1) is 9.93. The van der Waals surface area contributed by atoms with Gasteiger partial charge < -0.3 is 5.32 Å². The molecule has 0 aliphatic carbocycles. The lowest BCUT2D eigenvalue weighted by molar-refractivity contribution is 0.512. The van der Waals surface area contributed by atoms with Crippen LogP contribution < -0.4 is 5.32 Å². The van der Waals surface area contributed by atoms with E-state index >= 15 is 0 Å². The zero-order valence-electron chi connectivity index (χ0n) is 11.1. The second-order valence-corrected chi connectivity index (χ2v) is 7.16. The maximum atomic E-state index is 14.1. The van der Waals surface area contributed by atoms with Crippen LogP contribution in [0.25, 0.3) is 0 Å². The Morgan fingerprint density at radius 3 is 2.38 bits per heavy atom. The number of likely N-dealkylation sites (N-methyl/N-ethyl adjacent to an activating group) is 1. The Kier molecular flexibility index (Phi) is 5.94. The van der Waals surface area contributed by atoms with Crippen LogP contribution in [0.2, 0.25) is 0 Å². The molecule has 0 radical (unpaired) electrons. The van der Waals surface area contributed by atoms with E-state index in [9.17, 15) is 8.78 Å². The number of halogens is 5. The average molecular weight is 484 g/mol. The molecule has 0 amide bonds. The van der Waals surface area contributed by atoms with Crippen LogP contribution in [0, 0.1) is 11.6 Å². The topological polar surface area (TPSA) is 12.0 Å². The van der Waals surface area contributed by atoms with Crippen molar-refractivity contribution < 1.29 is 8.78 Å². The summed E-state index contributed by atoms with van der Waals surface area (Å²) in [6.45, 7) is 0. The molecule has 21 heavy (non-hydrogen) atoms. The monoisotopic (exact) mass is 481 g/mol. The van der Waals surface area contributed by atoms with Crippen molar-refractivity contribution in [3.63, 3.8) is 0 Å². The van der Waals surface area contributed by atoms with Gasteiger partial charge in [-0.3, -0.25) is 0 Å². The number of benzene rings is 2. The molecule has 0 aliphatic heterocycles. The summed E-state index contributed by atoms with van der Waals surface area (Å²) in [7, 11) is 1.77. The minimum atomic E-state index is -0.554. The highest BCUT2D eigenvalue weighted by molar-refractivity contribution is 9.11. The summed E-state index contributed by atoms with van der Waals surface area (Å²) in [4.78, 5) is 0. The molecule has 0 saturated carbocycles. The molecule has 2 aromatic carbocycles. The fourth-order valence-corrected chi connectivity index (χ4v) is 3.38.